The van der Waals surface area contributed by atoms with E-state index in [-0.39, 0.29) is 64.8 Å². The van der Waals surface area contributed by atoms with Crippen molar-refractivity contribution in [3.05, 3.63) is 46.5 Å². The summed E-state index contributed by atoms with van der Waals surface area (Å²) in [6.07, 6.45) is -4.54. The minimum absolute atomic E-state index is 0. The molecule has 1 heterocycles. The number of nitrogen functional groups attached to an aromatic ring is 1. The number of likely N-dealkylation sites (N-methyl/N-ethyl adjacent to an activating group) is 1. The molecule has 0 atom stereocenters. The molecule has 5 nitrogen and oxygen atoms in total. The fourth-order valence-corrected chi connectivity index (χ4v) is 3.36. The zero-order valence-corrected chi connectivity index (χ0v) is 19.2. The van der Waals surface area contributed by atoms with Crippen molar-refractivity contribution in [2.75, 3.05) is 36.8 Å². The lowest BCUT2D eigenvalue weighted by molar-refractivity contribution is -0.137. The molecule has 2 aromatic rings. The molecular weight excluding hydrogens is 478 g/mol. The molecular formula is C20H23Cl3F3N3O2. The number of carbonyl (C=O) groups excluding carboxylic acids is 1. The van der Waals surface area contributed by atoms with E-state index in [9.17, 15) is 18.0 Å². The summed E-state index contributed by atoms with van der Waals surface area (Å²) >= 11 is 6.07. The van der Waals surface area contributed by atoms with Gasteiger partial charge >= 0.3 is 6.18 Å². The van der Waals surface area contributed by atoms with Gasteiger partial charge in [-0.25, -0.2) is 0 Å². The van der Waals surface area contributed by atoms with Gasteiger partial charge in [0, 0.05) is 19.2 Å². The van der Waals surface area contributed by atoms with Crippen molar-refractivity contribution in [1.29, 1.82) is 0 Å². The SMILES string of the molecule is CCN(CC)CCN1C(=O)c2cc(Cl)c(N)cc2Oc2cc(C(F)(F)F)ccc21.Cl.Cl. The van der Waals surface area contributed by atoms with Crippen LogP contribution in [0.15, 0.2) is 30.3 Å². The number of benzene rings is 2. The van der Waals surface area contributed by atoms with Crippen LogP contribution in [-0.4, -0.2) is 37.0 Å². The van der Waals surface area contributed by atoms with Gasteiger partial charge in [-0.1, -0.05) is 25.4 Å². The smallest absolute Gasteiger partial charge is 0.416 e. The summed E-state index contributed by atoms with van der Waals surface area (Å²) in [4.78, 5) is 16.8. The minimum Gasteiger partial charge on any atom is -0.454 e. The number of amides is 1. The second kappa shape index (κ2) is 10.6. The lowest BCUT2D eigenvalue weighted by Crippen LogP contribution is -2.38. The molecule has 2 N–H and O–H groups in total. The first-order valence-corrected chi connectivity index (χ1v) is 9.55. The molecule has 1 aliphatic heterocycles. The maximum absolute atomic E-state index is 13.2. The molecule has 3 rings (SSSR count). The van der Waals surface area contributed by atoms with Gasteiger partial charge in [0.1, 0.15) is 5.75 Å². The predicted octanol–water partition coefficient (Wildman–Crippen LogP) is 5.88. The van der Waals surface area contributed by atoms with Crippen LogP contribution in [0.4, 0.5) is 24.5 Å². The molecule has 0 bridgehead atoms. The molecule has 11 heteroatoms. The van der Waals surface area contributed by atoms with E-state index in [0.29, 0.717) is 6.54 Å². The summed E-state index contributed by atoms with van der Waals surface area (Å²) in [5.74, 6) is -0.399. The number of fused-ring (bicyclic) bond motifs is 2. The minimum atomic E-state index is -4.54. The average molecular weight is 501 g/mol. The van der Waals surface area contributed by atoms with Crippen LogP contribution in [0, 0.1) is 0 Å². The van der Waals surface area contributed by atoms with E-state index < -0.39 is 17.6 Å². The number of halogens is 6. The summed E-state index contributed by atoms with van der Waals surface area (Å²) in [7, 11) is 0. The zero-order valence-electron chi connectivity index (χ0n) is 16.8. The van der Waals surface area contributed by atoms with Crippen LogP contribution in [-0.2, 0) is 6.18 Å². The molecule has 0 unspecified atom stereocenters. The molecule has 2 aromatic carbocycles. The van der Waals surface area contributed by atoms with E-state index in [1.807, 2.05) is 13.8 Å². The molecule has 0 saturated heterocycles. The standard InChI is InChI=1S/C20H21ClF3N3O2.2ClH/c1-3-26(4-2)7-8-27-16-6-5-12(20(22,23)24)9-18(16)29-17-11-15(25)14(21)10-13(17)19(27)28;;/h5-6,9-11H,3-4,7-8,25H2,1-2H3;2*1H. The number of nitrogens with zero attached hydrogens (tertiary/aromatic N) is 2. The number of hydrogen-bond acceptors (Lipinski definition) is 4. The molecule has 0 saturated carbocycles. The highest BCUT2D eigenvalue weighted by molar-refractivity contribution is 6.33. The third-order valence-corrected chi connectivity index (χ3v) is 5.23. The first-order valence-electron chi connectivity index (χ1n) is 9.18. The van der Waals surface area contributed by atoms with Crippen LogP contribution in [0.5, 0.6) is 11.5 Å². The van der Waals surface area contributed by atoms with Gasteiger partial charge in [0.05, 0.1) is 27.5 Å². The Kier molecular flexibility index (Phi) is 9.32. The fourth-order valence-electron chi connectivity index (χ4n) is 3.19. The van der Waals surface area contributed by atoms with Crippen molar-refractivity contribution in [3.63, 3.8) is 0 Å². The van der Waals surface area contributed by atoms with E-state index in [4.69, 9.17) is 22.1 Å². The summed E-state index contributed by atoms with van der Waals surface area (Å²) in [5, 5.41) is 0.173. The van der Waals surface area contributed by atoms with Crippen LogP contribution in [0.25, 0.3) is 0 Å². The molecule has 0 fully saturated rings. The lowest BCUT2D eigenvalue weighted by atomic mass is 10.1. The molecule has 31 heavy (non-hydrogen) atoms. The van der Waals surface area contributed by atoms with Crippen molar-refractivity contribution in [1.82, 2.24) is 4.90 Å². The number of ether oxygens (including phenoxy) is 1. The maximum Gasteiger partial charge on any atom is 0.416 e. The van der Waals surface area contributed by atoms with Crippen molar-refractivity contribution in [2.45, 2.75) is 20.0 Å². The Morgan fingerprint density at radius 1 is 1.10 bits per heavy atom. The van der Waals surface area contributed by atoms with Crippen LogP contribution < -0.4 is 15.4 Å². The van der Waals surface area contributed by atoms with E-state index in [2.05, 4.69) is 4.90 Å². The van der Waals surface area contributed by atoms with Crippen LogP contribution in [0.3, 0.4) is 0 Å². The summed E-state index contributed by atoms with van der Waals surface area (Å²) < 4.78 is 45.4. The Bertz CT molecular complexity index is 938. The summed E-state index contributed by atoms with van der Waals surface area (Å²) in [5.41, 5.74) is 5.52. The van der Waals surface area contributed by atoms with E-state index >= 15 is 0 Å². The zero-order chi connectivity index (χ0) is 21.3. The fraction of sp³-hybridized carbons (Fsp3) is 0.350. The first kappa shape index (κ1) is 27.2. The number of anilines is 2. The second-order valence-corrected chi connectivity index (χ2v) is 7.04. The van der Waals surface area contributed by atoms with Gasteiger partial charge in [0.2, 0.25) is 0 Å². The quantitative estimate of drug-likeness (QED) is 0.521. The largest absolute Gasteiger partial charge is 0.454 e. The third kappa shape index (κ3) is 5.68. The molecule has 1 amide bonds. The predicted molar refractivity (Wildman–Crippen MR) is 121 cm³/mol. The van der Waals surface area contributed by atoms with Gasteiger partial charge in [0.15, 0.2) is 5.75 Å². The highest BCUT2D eigenvalue weighted by Gasteiger charge is 2.34. The molecule has 0 aromatic heterocycles. The first-order chi connectivity index (χ1) is 13.7. The van der Waals surface area contributed by atoms with Crippen molar-refractivity contribution >= 4 is 53.7 Å². The van der Waals surface area contributed by atoms with E-state index in [0.717, 1.165) is 25.2 Å². The second-order valence-electron chi connectivity index (χ2n) is 6.64. The number of hydrogen-bond donors (Lipinski definition) is 1. The highest BCUT2D eigenvalue weighted by Crippen LogP contribution is 2.43. The van der Waals surface area contributed by atoms with Gasteiger partial charge in [-0.3, -0.25) is 4.79 Å². The topological polar surface area (TPSA) is 58.8 Å². The number of carbonyl (C=O) groups is 1. The highest BCUT2D eigenvalue weighted by atomic mass is 35.5. The molecule has 0 radical (unpaired) electrons. The Morgan fingerprint density at radius 2 is 1.74 bits per heavy atom. The maximum atomic E-state index is 13.2. The van der Waals surface area contributed by atoms with E-state index in [1.54, 1.807) is 0 Å². The third-order valence-electron chi connectivity index (χ3n) is 4.91. The Morgan fingerprint density at radius 3 is 2.32 bits per heavy atom. The number of alkyl halides is 3. The van der Waals surface area contributed by atoms with Gasteiger partial charge in [-0.05, 0) is 37.4 Å². The van der Waals surface area contributed by atoms with Crippen LogP contribution in [0.1, 0.15) is 29.8 Å². The normalized spacial score (nSPS) is 12.9. The number of nitrogens with two attached hydrogens (primary N) is 1. The molecule has 1 aliphatic rings. The summed E-state index contributed by atoms with van der Waals surface area (Å²) in [6.45, 7) is 6.40. The monoisotopic (exact) mass is 499 g/mol. The lowest BCUT2D eigenvalue weighted by Gasteiger charge is -2.26. The van der Waals surface area contributed by atoms with Gasteiger partial charge in [-0.15, -0.1) is 24.8 Å². The molecule has 172 valence electrons. The van der Waals surface area contributed by atoms with E-state index in [1.165, 1.54) is 23.1 Å². The van der Waals surface area contributed by atoms with Gasteiger partial charge < -0.3 is 20.3 Å². The van der Waals surface area contributed by atoms with Crippen molar-refractivity contribution < 1.29 is 22.7 Å². The van der Waals surface area contributed by atoms with Crippen molar-refractivity contribution in [2.24, 2.45) is 0 Å². The van der Waals surface area contributed by atoms with Crippen LogP contribution in [0.2, 0.25) is 5.02 Å². The molecule has 0 aliphatic carbocycles. The molecule has 0 spiro atoms. The number of rotatable bonds is 5. The Hall–Kier alpha value is -1.87. The Balaban J connectivity index is 0.00000240. The van der Waals surface area contributed by atoms with Crippen LogP contribution >= 0.6 is 36.4 Å². The Labute approximate surface area is 196 Å². The average Bonchev–Trinajstić information content (AvgIpc) is 2.77. The van der Waals surface area contributed by atoms with Gasteiger partial charge in [-0.2, -0.15) is 13.2 Å². The van der Waals surface area contributed by atoms with Crippen molar-refractivity contribution in [3.8, 4) is 11.5 Å². The van der Waals surface area contributed by atoms with Gasteiger partial charge in [0.25, 0.3) is 5.91 Å². The summed E-state index contributed by atoms with van der Waals surface area (Å²) in [6, 6.07) is 5.84.